The van der Waals surface area contributed by atoms with Crippen molar-refractivity contribution in [1.29, 1.82) is 0 Å². The minimum atomic E-state index is -1.25. The zero-order valence-electron chi connectivity index (χ0n) is 11.5. The smallest absolute Gasteiger partial charge is 0.261 e. The summed E-state index contributed by atoms with van der Waals surface area (Å²) in [6, 6.07) is 8.73. The van der Waals surface area contributed by atoms with E-state index in [9.17, 15) is 13.6 Å². The molecule has 1 aliphatic heterocycles. The summed E-state index contributed by atoms with van der Waals surface area (Å²) in [5, 5.41) is 0. The lowest BCUT2D eigenvalue weighted by atomic mass is 9.93. The molecule has 1 amide bonds. The number of benzene rings is 1. The number of para-hydroxylation sites is 1. The van der Waals surface area contributed by atoms with E-state index in [2.05, 4.69) is 4.98 Å². The van der Waals surface area contributed by atoms with Crippen LogP contribution in [-0.4, -0.2) is 17.4 Å². The highest BCUT2D eigenvalue weighted by molar-refractivity contribution is 6.06. The number of carbonyl (C=O) groups excluding carboxylic acids is 1. The van der Waals surface area contributed by atoms with Crippen LogP contribution >= 0.6 is 0 Å². The number of aromatic nitrogens is 1. The Kier molecular flexibility index (Phi) is 3.41. The van der Waals surface area contributed by atoms with Crippen LogP contribution in [0.5, 0.6) is 0 Å². The molecular formula is C16H14F2N2O. The maximum absolute atomic E-state index is 13.8. The quantitative estimate of drug-likeness (QED) is 0.755. The predicted octanol–water partition coefficient (Wildman–Crippen LogP) is 3.20. The number of pyridine rings is 1. The minimum Gasteiger partial charge on any atom is -0.308 e. The fourth-order valence-corrected chi connectivity index (χ4v) is 2.72. The van der Waals surface area contributed by atoms with Gasteiger partial charge in [-0.25, -0.2) is 9.37 Å². The van der Waals surface area contributed by atoms with E-state index < -0.39 is 17.7 Å². The van der Waals surface area contributed by atoms with Crippen molar-refractivity contribution in [3.05, 3.63) is 59.4 Å². The largest absolute Gasteiger partial charge is 0.308 e. The van der Waals surface area contributed by atoms with Crippen LogP contribution < -0.4 is 4.90 Å². The SMILES string of the molecule is CC1Cc2ccccc2N(C(=O)c2ccnc(F)c2F)C1. The maximum atomic E-state index is 13.8. The lowest BCUT2D eigenvalue weighted by molar-refractivity contribution is 0.0975. The summed E-state index contributed by atoms with van der Waals surface area (Å²) in [6.45, 7) is 2.51. The Hall–Kier alpha value is -2.30. The molecule has 3 nitrogen and oxygen atoms in total. The topological polar surface area (TPSA) is 33.2 Å². The Morgan fingerprint density at radius 2 is 2.05 bits per heavy atom. The van der Waals surface area contributed by atoms with Crippen molar-refractivity contribution < 1.29 is 13.6 Å². The van der Waals surface area contributed by atoms with Gasteiger partial charge < -0.3 is 4.90 Å². The van der Waals surface area contributed by atoms with Crippen molar-refractivity contribution >= 4 is 11.6 Å². The lowest BCUT2D eigenvalue weighted by Gasteiger charge is -2.33. The molecule has 0 fully saturated rings. The van der Waals surface area contributed by atoms with E-state index in [1.165, 1.54) is 11.0 Å². The van der Waals surface area contributed by atoms with Crippen molar-refractivity contribution in [2.45, 2.75) is 13.3 Å². The molecule has 108 valence electrons. The van der Waals surface area contributed by atoms with Gasteiger partial charge in [-0.05, 0) is 30.0 Å². The van der Waals surface area contributed by atoms with E-state index in [0.717, 1.165) is 23.9 Å². The second kappa shape index (κ2) is 5.24. The van der Waals surface area contributed by atoms with Crippen LogP contribution in [0.2, 0.25) is 0 Å². The Balaban J connectivity index is 2.04. The number of hydrogen-bond acceptors (Lipinski definition) is 2. The zero-order chi connectivity index (χ0) is 15.0. The molecule has 1 unspecified atom stereocenters. The second-order valence-electron chi connectivity index (χ2n) is 5.32. The van der Waals surface area contributed by atoms with Crippen LogP contribution in [-0.2, 0) is 6.42 Å². The fourth-order valence-electron chi connectivity index (χ4n) is 2.72. The second-order valence-corrected chi connectivity index (χ2v) is 5.32. The van der Waals surface area contributed by atoms with Gasteiger partial charge in [0.15, 0.2) is 5.82 Å². The molecular weight excluding hydrogens is 274 g/mol. The molecule has 0 spiro atoms. The number of rotatable bonds is 1. The van der Waals surface area contributed by atoms with Gasteiger partial charge in [-0.15, -0.1) is 0 Å². The molecule has 5 heteroatoms. The van der Waals surface area contributed by atoms with Crippen LogP contribution in [0.15, 0.2) is 36.5 Å². The third-order valence-corrected chi connectivity index (χ3v) is 3.67. The first kappa shape index (κ1) is 13.7. The molecule has 2 heterocycles. The maximum Gasteiger partial charge on any atom is 0.261 e. The molecule has 1 atom stereocenters. The molecule has 3 rings (SSSR count). The van der Waals surface area contributed by atoms with Gasteiger partial charge >= 0.3 is 0 Å². The summed E-state index contributed by atoms with van der Waals surface area (Å²) < 4.78 is 27.0. The zero-order valence-corrected chi connectivity index (χ0v) is 11.5. The van der Waals surface area contributed by atoms with Gasteiger partial charge in [0.1, 0.15) is 0 Å². The first-order valence-electron chi connectivity index (χ1n) is 6.77. The number of amides is 1. The standard InChI is InChI=1S/C16H14F2N2O/c1-10-8-11-4-2-3-5-13(11)20(9-10)16(21)12-6-7-19-15(18)14(12)17/h2-7,10H,8-9H2,1H3. The van der Waals surface area contributed by atoms with E-state index in [-0.39, 0.29) is 11.5 Å². The normalized spacial score (nSPS) is 17.5. The van der Waals surface area contributed by atoms with Crippen LogP contribution in [0.25, 0.3) is 0 Å². The number of nitrogens with zero attached hydrogens (tertiary/aromatic N) is 2. The van der Waals surface area contributed by atoms with Crippen molar-refractivity contribution in [2.24, 2.45) is 5.92 Å². The van der Waals surface area contributed by atoms with Crippen LogP contribution in [0.1, 0.15) is 22.8 Å². The van der Waals surface area contributed by atoms with E-state index in [4.69, 9.17) is 0 Å². The highest BCUT2D eigenvalue weighted by Gasteiger charge is 2.29. The number of carbonyl (C=O) groups is 1. The summed E-state index contributed by atoms with van der Waals surface area (Å²) in [4.78, 5) is 17.3. The summed E-state index contributed by atoms with van der Waals surface area (Å²) in [7, 11) is 0. The number of anilines is 1. The van der Waals surface area contributed by atoms with Crippen molar-refractivity contribution in [3.8, 4) is 0 Å². The minimum absolute atomic E-state index is 0.263. The van der Waals surface area contributed by atoms with Gasteiger partial charge in [0, 0.05) is 18.4 Å². The van der Waals surface area contributed by atoms with Crippen molar-refractivity contribution in [3.63, 3.8) is 0 Å². The molecule has 1 aromatic carbocycles. The van der Waals surface area contributed by atoms with Gasteiger partial charge in [0.05, 0.1) is 5.56 Å². The monoisotopic (exact) mass is 288 g/mol. The Bertz CT molecular complexity index is 702. The highest BCUT2D eigenvalue weighted by Crippen LogP contribution is 2.31. The molecule has 1 aromatic heterocycles. The Labute approximate surface area is 121 Å². The van der Waals surface area contributed by atoms with Gasteiger partial charge in [0.2, 0.25) is 5.95 Å². The Morgan fingerprint density at radius 3 is 2.86 bits per heavy atom. The van der Waals surface area contributed by atoms with Gasteiger partial charge in [-0.1, -0.05) is 25.1 Å². The number of halogens is 2. The predicted molar refractivity (Wildman–Crippen MR) is 75.1 cm³/mol. The molecule has 21 heavy (non-hydrogen) atoms. The third kappa shape index (κ3) is 2.39. The average Bonchev–Trinajstić information content (AvgIpc) is 2.48. The molecule has 0 saturated carbocycles. The third-order valence-electron chi connectivity index (χ3n) is 3.67. The van der Waals surface area contributed by atoms with E-state index in [0.29, 0.717) is 6.54 Å². The van der Waals surface area contributed by atoms with E-state index in [1.54, 1.807) is 0 Å². The number of fused-ring (bicyclic) bond motifs is 1. The van der Waals surface area contributed by atoms with Crippen molar-refractivity contribution in [2.75, 3.05) is 11.4 Å². The van der Waals surface area contributed by atoms with Gasteiger partial charge in [-0.3, -0.25) is 4.79 Å². The molecule has 0 aliphatic carbocycles. The summed E-state index contributed by atoms with van der Waals surface area (Å²) in [6.07, 6.45) is 1.97. The molecule has 0 bridgehead atoms. The summed E-state index contributed by atoms with van der Waals surface area (Å²) in [5.74, 6) is -2.72. The summed E-state index contributed by atoms with van der Waals surface area (Å²) in [5.41, 5.74) is 1.52. The number of hydrogen-bond donors (Lipinski definition) is 0. The lowest BCUT2D eigenvalue weighted by Crippen LogP contribution is -2.39. The molecule has 1 aliphatic rings. The fraction of sp³-hybridized carbons (Fsp3) is 0.250. The van der Waals surface area contributed by atoms with E-state index >= 15 is 0 Å². The molecule has 2 aromatic rings. The first-order chi connectivity index (χ1) is 10.1. The van der Waals surface area contributed by atoms with Crippen LogP contribution in [0, 0.1) is 17.7 Å². The van der Waals surface area contributed by atoms with E-state index in [1.807, 2.05) is 31.2 Å². The summed E-state index contributed by atoms with van der Waals surface area (Å²) >= 11 is 0. The van der Waals surface area contributed by atoms with Gasteiger partial charge in [0.25, 0.3) is 5.91 Å². The first-order valence-corrected chi connectivity index (χ1v) is 6.77. The van der Waals surface area contributed by atoms with Crippen molar-refractivity contribution in [1.82, 2.24) is 4.98 Å². The average molecular weight is 288 g/mol. The molecule has 0 N–H and O–H groups in total. The Morgan fingerprint density at radius 1 is 1.29 bits per heavy atom. The highest BCUT2D eigenvalue weighted by atomic mass is 19.2. The van der Waals surface area contributed by atoms with Gasteiger partial charge in [-0.2, -0.15) is 4.39 Å². The van der Waals surface area contributed by atoms with Crippen LogP contribution in [0.4, 0.5) is 14.5 Å². The van der Waals surface area contributed by atoms with Crippen LogP contribution in [0.3, 0.4) is 0 Å². The molecule has 0 saturated heterocycles. The molecule has 0 radical (unpaired) electrons.